The molecule has 4 aromatic rings. The number of nitrogens with zero attached hydrogens (tertiary/aromatic N) is 2. The Bertz CT molecular complexity index is 887. The highest BCUT2D eigenvalue weighted by Crippen LogP contribution is 2.29. The summed E-state index contributed by atoms with van der Waals surface area (Å²) in [6.07, 6.45) is 1.86. The summed E-state index contributed by atoms with van der Waals surface area (Å²) in [6.45, 7) is 2.12. The van der Waals surface area contributed by atoms with Crippen LogP contribution in [-0.2, 0) is 0 Å². The van der Waals surface area contributed by atoms with Gasteiger partial charge in [0, 0.05) is 10.8 Å². The normalized spacial score (nSPS) is 11.6. The molecule has 0 radical (unpaired) electrons. The van der Waals surface area contributed by atoms with Gasteiger partial charge in [-0.2, -0.15) is 5.10 Å². The average molecular weight is 232 g/mol. The zero-order valence-electron chi connectivity index (χ0n) is 10.1. The highest BCUT2D eigenvalue weighted by molar-refractivity contribution is 6.12. The summed E-state index contributed by atoms with van der Waals surface area (Å²) in [6, 6.07) is 17.1. The topological polar surface area (TPSA) is 17.3 Å². The lowest BCUT2D eigenvalue weighted by Gasteiger charge is -2.08. The molecule has 2 nitrogen and oxygen atoms in total. The molecule has 86 valence electrons. The van der Waals surface area contributed by atoms with Crippen LogP contribution < -0.4 is 0 Å². The second-order valence-corrected chi connectivity index (χ2v) is 4.69. The molecule has 0 N–H and O–H groups in total. The van der Waals surface area contributed by atoms with Gasteiger partial charge in [-0.3, -0.25) is 0 Å². The van der Waals surface area contributed by atoms with Crippen molar-refractivity contribution in [1.29, 1.82) is 0 Å². The average Bonchev–Trinajstić information content (AvgIpc) is 2.88. The zero-order chi connectivity index (χ0) is 12.1. The molecule has 2 heterocycles. The van der Waals surface area contributed by atoms with Crippen molar-refractivity contribution in [3.63, 3.8) is 0 Å². The maximum absolute atomic E-state index is 4.45. The standard InChI is InChI=1S/C16H12N2/c1-11-6-7-14-12-4-2-3-5-13(12)15-8-9-17-18(15)16(14)10-11/h2-10H,1H3. The molecule has 0 aliphatic carbocycles. The lowest BCUT2D eigenvalue weighted by Crippen LogP contribution is -1.92. The van der Waals surface area contributed by atoms with Crippen LogP contribution in [0.25, 0.3) is 27.2 Å². The van der Waals surface area contributed by atoms with Gasteiger partial charge in [0.2, 0.25) is 0 Å². The third-order valence-electron chi connectivity index (χ3n) is 3.52. The van der Waals surface area contributed by atoms with Crippen LogP contribution in [0.15, 0.2) is 54.7 Å². The lowest BCUT2D eigenvalue weighted by atomic mass is 10.0. The van der Waals surface area contributed by atoms with Crippen molar-refractivity contribution in [2.45, 2.75) is 6.92 Å². The maximum atomic E-state index is 4.45. The number of benzene rings is 2. The second-order valence-electron chi connectivity index (χ2n) is 4.69. The van der Waals surface area contributed by atoms with Crippen LogP contribution >= 0.6 is 0 Å². The Morgan fingerprint density at radius 3 is 2.50 bits per heavy atom. The van der Waals surface area contributed by atoms with Crippen LogP contribution in [0.2, 0.25) is 0 Å². The van der Waals surface area contributed by atoms with Gasteiger partial charge in [-0.15, -0.1) is 0 Å². The van der Waals surface area contributed by atoms with E-state index in [9.17, 15) is 0 Å². The molecule has 4 rings (SSSR count). The summed E-state index contributed by atoms with van der Waals surface area (Å²) in [7, 11) is 0. The Morgan fingerprint density at radius 1 is 0.833 bits per heavy atom. The van der Waals surface area contributed by atoms with Crippen molar-refractivity contribution >= 4 is 27.2 Å². The minimum absolute atomic E-state index is 1.17. The number of aryl methyl sites for hydroxylation is 1. The first kappa shape index (κ1) is 9.66. The molecule has 0 aliphatic heterocycles. The number of aromatic nitrogens is 2. The van der Waals surface area contributed by atoms with E-state index in [1.165, 1.54) is 32.8 Å². The van der Waals surface area contributed by atoms with Crippen molar-refractivity contribution in [3.8, 4) is 0 Å². The number of fused-ring (bicyclic) bond motifs is 6. The van der Waals surface area contributed by atoms with Crippen molar-refractivity contribution in [1.82, 2.24) is 9.61 Å². The molecular weight excluding hydrogens is 220 g/mol. The Morgan fingerprint density at radius 2 is 1.61 bits per heavy atom. The molecule has 0 saturated carbocycles. The molecule has 0 saturated heterocycles. The Hall–Kier alpha value is -2.35. The van der Waals surface area contributed by atoms with Gasteiger partial charge in [0.1, 0.15) is 0 Å². The van der Waals surface area contributed by atoms with E-state index in [1.54, 1.807) is 0 Å². The Labute approximate surface area is 104 Å². The molecule has 18 heavy (non-hydrogen) atoms. The minimum Gasteiger partial charge on any atom is -0.232 e. The van der Waals surface area contributed by atoms with Gasteiger partial charge in [-0.25, -0.2) is 4.52 Å². The number of hydrogen-bond acceptors (Lipinski definition) is 1. The predicted octanol–water partition coefficient (Wildman–Crippen LogP) is 3.95. The van der Waals surface area contributed by atoms with Gasteiger partial charge < -0.3 is 0 Å². The van der Waals surface area contributed by atoms with E-state index in [4.69, 9.17) is 0 Å². The van der Waals surface area contributed by atoms with Crippen molar-refractivity contribution in [3.05, 3.63) is 60.3 Å². The molecule has 2 aromatic heterocycles. The minimum atomic E-state index is 1.17. The van der Waals surface area contributed by atoms with E-state index in [-0.39, 0.29) is 0 Å². The Balaban J connectivity index is 2.44. The summed E-state index contributed by atoms with van der Waals surface area (Å²) < 4.78 is 2.03. The fourth-order valence-corrected chi connectivity index (χ4v) is 2.69. The molecule has 0 fully saturated rings. The summed E-state index contributed by atoms with van der Waals surface area (Å²) >= 11 is 0. The molecule has 0 unspecified atom stereocenters. The molecule has 0 amide bonds. The SMILES string of the molecule is Cc1ccc2c3ccccc3c3ccnn3c2c1. The highest BCUT2D eigenvalue weighted by Gasteiger charge is 2.08. The van der Waals surface area contributed by atoms with Crippen LogP contribution in [-0.4, -0.2) is 9.61 Å². The van der Waals surface area contributed by atoms with Crippen LogP contribution in [0.5, 0.6) is 0 Å². The maximum Gasteiger partial charge on any atom is 0.0747 e. The molecule has 2 heteroatoms. The first-order chi connectivity index (χ1) is 8.84. The van der Waals surface area contributed by atoms with Crippen LogP contribution in [0, 0.1) is 6.92 Å². The molecular formula is C16H12N2. The van der Waals surface area contributed by atoms with E-state index in [2.05, 4.69) is 60.6 Å². The first-order valence-electron chi connectivity index (χ1n) is 6.09. The summed E-state index contributed by atoms with van der Waals surface area (Å²) in [5.41, 5.74) is 3.60. The van der Waals surface area contributed by atoms with E-state index in [0.717, 1.165) is 0 Å². The quantitative estimate of drug-likeness (QED) is 0.420. The van der Waals surface area contributed by atoms with Crippen LogP contribution in [0.1, 0.15) is 5.56 Å². The third kappa shape index (κ3) is 1.15. The van der Waals surface area contributed by atoms with Crippen LogP contribution in [0.3, 0.4) is 0 Å². The van der Waals surface area contributed by atoms with Gasteiger partial charge in [-0.05, 0) is 30.0 Å². The molecule has 2 aromatic carbocycles. The van der Waals surface area contributed by atoms with E-state index in [1.807, 2.05) is 10.7 Å². The van der Waals surface area contributed by atoms with Crippen molar-refractivity contribution < 1.29 is 0 Å². The fourth-order valence-electron chi connectivity index (χ4n) is 2.69. The summed E-state index contributed by atoms with van der Waals surface area (Å²) in [5, 5.41) is 8.26. The van der Waals surface area contributed by atoms with E-state index < -0.39 is 0 Å². The fraction of sp³-hybridized carbons (Fsp3) is 0.0625. The van der Waals surface area contributed by atoms with Gasteiger partial charge in [0.05, 0.1) is 17.2 Å². The molecule has 0 spiro atoms. The van der Waals surface area contributed by atoms with Gasteiger partial charge in [0.25, 0.3) is 0 Å². The largest absolute Gasteiger partial charge is 0.232 e. The van der Waals surface area contributed by atoms with Crippen LogP contribution in [0.4, 0.5) is 0 Å². The van der Waals surface area contributed by atoms with E-state index >= 15 is 0 Å². The molecule has 0 aliphatic rings. The van der Waals surface area contributed by atoms with Crippen molar-refractivity contribution in [2.75, 3.05) is 0 Å². The second kappa shape index (κ2) is 3.33. The van der Waals surface area contributed by atoms with Gasteiger partial charge in [-0.1, -0.05) is 36.4 Å². The number of pyridine rings is 1. The van der Waals surface area contributed by atoms with Gasteiger partial charge >= 0.3 is 0 Å². The lowest BCUT2D eigenvalue weighted by molar-refractivity contribution is 1.01. The first-order valence-corrected chi connectivity index (χ1v) is 6.09. The van der Waals surface area contributed by atoms with Crippen molar-refractivity contribution in [2.24, 2.45) is 0 Å². The Kier molecular flexibility index (Phi) is 1.78. The van der Waals surface area contributed by atoms with Gasteiger partial charge in [0.15, 0.2) is 0 Å². The zero-order valence-corrected chi connectivity index (χ0v) is 10.1. The smallest absolute Gasteiger partial charge is 0.0747 e. The summed E-state index contributed by atoms with van der Waals surface area (Å²) in [5.74, 6) is 0. The molecule has 0 bridgehead atoms. The summed E-state index contributed by atoms with van der Waals surface area (Å²) in [4.78, 5) is 0. The predicted molar refractivity (Wildman–Crippen MR) is 74.9 cm³/mol. The highest BCUT2D eigenvalue weighted by atomic mass is 15.2. The molecule has 0 atom stereocenters. The number of rotatable bonds is 0. The monoisotopic (exact) mass is 232 g/mol. The third-order valence-corrected chi connectivity index (χ3v) is 3.52. The van der Waals surface area contributed by atoms with E-state index in [0.29, 0.717) is 0 Å². The number of hydrogen-bond donors (Lipinski definition) is 0.